The van der Waals surface area contributed by atoms with Crippen molar-refractivity contribution >= 4 is 35.0 Å². The van der Waals surface area contributed by atoms with E-state index in [-0.39, 0.29) is 23.3 Å². The summed E-state index contributed by atoms with van der Waals surface area (Å²) in [6.07, 6.45) is 0. The second-order valence-electron chi connectivity index (χ2n) is 4.52. The number of hydrogen-bond acceptors (Lipinski definition) is 3. The number of amides is 2. The molecule has 2 aromatic carbocycles. The number of para-hydroxylation sites is 1. The van der Waals surface area contributed by atoms with E-state index in [2.05, 4.69) is 10.6 Å². The lowest BCUT2D eigenvalue weighted by Gasteiger charge is -2.07. The van der Waals surface area contributed by atoms with Crippen molar-refractivity contribution in [2.24, 2.45) is 0 Å². The van der Waals surface area contributed by atoms with E-state index in [0.717, 1.165) is 4.90 Å². The van der Waals surface area contributed by atoms with E-state index in [1.165, 1.54) is 30.8 Å². The van der Waals surface area contributed by atoms with Crippen molar-refractivity contribution in [3.8, 4) is 0 Å². The van der Waals surface area contributed by atoms with E-state index in [1.54, 1.807) is 24.3 Å². The Balaban J connectivity index is 1.86. The average molecular weight is 318 g/mol. The van der Waals surface area contributed by atoms with Gasteiger partial charge in [-0.2, -0.15) is 0 Å². The number of halogens is 1. The minimum Gasteiger partial charge on any atom is -0.326 e. The molecule has 0 aromatic heterocycles. The Morgan fingerprint density at radius 1 is 1.05 bits per heavy atom. The molecule has 0 fully saturated rings. The minimum absolute atomic E-state index is 0.135. The van der Waals surface area contributed by atoms with Crippen LogP contribution in [0.3, 0.4) is 0 Å². The fourth-order valence-electron chi connectivity index (χ4n) is 1.74. The standard InChI is InChI=1S/C16H15FN2O2S/c1-11(20)18-12-6-8-13(9-7-12)22-10-16(21)19-15-5-3-2-4-14(15)17/h2-9H,10H2,1H3,(H,18,20)(H,19,21). The van der Waals surface area contributed by atoms with Gasteiger partial charge in [0.25, 0.3) is 0 Å². The van der Waals surface area contributed by atoms with Gasteiger partial charge in [-0.05, 0) is 36.4 Å². The fourth-order valence-corrected chi connectivity index (χ4v) is 2.43. The van der Waals surface area contributed by atoms with E-state index in [4.69, 9.17) is 0 Å². The summed E-state index contributed by atoms with van der Waals surface area (Å²) < 4.78 is 13.4. The number of thioether (sulfide) groups is 1. The highest BCUT2D eigenvalue weighted by atomic mass is 32.2. The van der Waals surface area contributed by atoms with E-state index in [1.807, 2.05) is 12.1 Å². The van der Waals surface area contributed by atoms with Crippen LogP contribution in [0.1, 0.15) is 6.92 Å². The average Bonchev–Trinajstić information content (AvgIpc) is 2.48. The molecule has 0 aliphatic rings. The van der Waals surface area contributed by atoms with Crippen molar-refractivity contribution in [1.29, 1.82) is 0 Å². The van der Waals surface area contributed by atoms with Crippen LogP contribution in [0, 0.1) is 5.82 Å². The molecule has 0 saturated heterocycles. The number of benzene rings is 2. The number of hydrogen-bond donors (Lipinski definition) is 2. The smallest absolute Gasteiger partial charge is 0.234 e. The Bertz CT molecular complexity index is 674. The number of carbonyl (C=O) groups excluding carboxylic acids is 2. The van der Waals surface area contributed by atoms with E-state index in [9.17, 15) is 14.0 Å². The van der Waals surface area contributed by atoms with Crippen LogP contribution < -0.4 is 10.6 Å². The predicted molar refractivity (Wildman–Crippen MR) is 86.5 cm³/mol. The summed E-state index contributed by atoms with van der Waals surface area (Å²) in [7, 11) is 0. The first-order valence-electron chi connectivity index (χ1n) is 6.59. The van der Waals surface area contributed by atoms with Crippen molar-refractivity contribution in [2.75, 3.05) is 16.4 Å². The first kappa shape index (κ1) is 16.0. The van der Waals surface area contributed by atoms with Crippen molar-refractivity contribution in [2.45, 2.75) is 11.8 Å². The second-order valence-corrected chi connectivity index (χ2v) is 5.57. The van der Waals surface area contributed by atoms with Crippen LogP contribution in [0.2, 0.25) is 0 Å². The lowest BCUT2D eigenvalue weighted by molar-refractivity contribution is -0.114. The quantitative estimate of drug-likeness (QED) is 0.829. The van der Waals surface area contributed by atoms with Crippen LogP contribution in [0.5, 0.6) is 0 Å². The van der Waals surface area contributed by atoms with E-state index >= 15 is 0 Å². The minimum atomic E-state index is -0.458. The van der Waals surface area contributed by atoms with Gasteiger partial charge in [-0.3, -0.25) is 9.59 Å². The first-order valence-corrected chi connectivity index (χ1v) is 7.58. The molecule has 0 spiro atoms. The summed E-state index contributed by atoms with van der Waals surface area (Å²) in [6, 6.07) is 13.2. The Labute approximate surface area is 132 Å². The normalized spacial score (nSPS) is 10.1. The molecule has 0 aliphatic heterocycles. The largest absolute Gasteiger partial charge is 0.326 e. The zero-order valence-corrected chi connectivity index (χ0v) is 12.7. The molecule has 0 saturated carbocycles. The topological polar surface area (TPSA) is 58.2 Å². The zero-order valence-electron chi connectivity index (χ0n) is 11.9. The maximum Gasteiger partial charge on any atom is 0.234 e. The fraction of sp³-hybridized carbons (Fsp3) is 0.125. The van der Waals surface area contributed by atoms with Gasteiger partial charge in [-0.25, -0.2) is 4.39 Å². The summed E-state index contributed by atoms with van der Waals surface area (Å²) in [5, 5.41) is 5.19. The van der Waals surface area contributed by atoms with Gasteiger partial charge in [0, 0.05) is 17.5 Å². The van der Waals surface area contributed by atoms with Gasteiger partial charge in [0.2, 0.25) is 11.8 Å². The molecular formula is C16H15FN2O2S. The lowest BCUT2D eigenvalue weighted by atomic mass is 10.3. The third-order valence-corrected chi connectivity index (χ3v) is 3.70. The molecule has 0 unspecified atom stereocenters. The van der Waals surface area contributed by atoms with Gasteiger partial charge >= 0.3 is 0 Å². The highest BCUT2D eigenvalue weighted by Crippen LogP contribution is 2.21. The Kier molecular flexibility index (Phi) is 5.55. The second kappa shape index (κ2) is 7.61. The monoisotopic (exact) mass is 318 g/mol. The predicted octanol–water partition coefficient (Wildman–Crippen LogP) is 3.51. The van der Waals surface area contributed by atoms with Crippen molar-refractivity contribution in [3.63, 3.8) is 0 Å². The molecule has 2 rings (SSSR count). The molecule has 2 amide bonds. The number of anilines is 2. The Morgan fingerprint density at radius 3 is 2.36 bits per heavy atom. The molecule has 0 aliphatic carbocycles. The van der Waals surface area contributed by atoms with Gasteiger partial charge in [-0.15, -0.1) is 11.8 Å². The molecule has 22 heavy (non-hydrogen) atoms. The maximum absolute atomic E-state index is 13.4. The zero-order chi connectivity index (χ0) is 15.9. The SMILES string of the molecule is CC(=O)Nc1ccc(SCC(=O)Nc2ccccc2F)cc1. The van der Waals surface area contributed by atoms with Crippen LogP contribution in [-0.4, -0.2) is 17.6 Å². The molecule has 4 nitrogen and oxygen atoms in total. The van der Waals surface area contributed by atoms with E-state index < -0.39 is 5.82 Å². The van der Waals surface area contributed by atoms with Crippen molar-refractivity contribution in [3.05, 3.63) is 54.3 Å². The molecule has 114 valence electrons. The summed E-state index contributed by atoms with van der Waals surface area (Å²) in [5.41, 5.74) is 0.877. The molecule has 0 radical (unpaired) electrons. The molecule has 0 atom stereocenters. The Hall–Kier alpha value is -2.34. The molecule has 0 heterocycles. The molecule has 2 N–H and O–H groups in total. The summed E-state index contributed by atoms with van der Waals surface area (Å²) in [6.45, 7) is 1.44. The summed E-state index contributed by atoms with van der Waals surface area (Å²) >= 11 is 1.33. The number of rotatable bonds is 5. The van der Waals surface area contributed by atoms with Crippen molar-refractivity contribution < 1.29 is 14.0 Å². The van der Waals surface area contributed by atoms with Crippen LogP contribution in [-0.2, 0) is 9.59 Å². The third kappa shape index (κ3) is 4.89. The summed E-state index contributed by atoms with van der Waals surface area (Å²) in [4.78, 5) is 23.6. The van der Waals surface area contributed by atoms with Crippen LogP contribution in [0.15, 0.2) is 53.4 Å². The highest BCUT2D eigenvalue weighted by molar-refractivity contribution is 8.00. The van der Waals surface area contributed by atoms with E-state index in [0.29, 0.717) is 5.69 Å². The third-order valence-electron chi connectivity index (χ3n) is 2.69. The van der Waals surface area contributed by atoms with Crippen LogP contribution in [0.4, 0.5) is 15.8 Å². The molecule has 0 bridgehead atoms. The first-order chi connectivity index (χ1) is 10.5. The Morgan fingerprint density at radius 2 is 1.73 bits per heavy atom. The highest BCUT2D eigenvalue weighted by Gasteiger charge is 2.07. The van der Waals surface area contributed by atoms with Gasteiger partial charge < -0.3 is 10.6 Å². The summed E-state index contributed by atoms with van der Waals surface area (Å²) in [5.74, 6) is -0.695. The van der Waals surface area contributed by atoms with Gasteiger partial charge in [-0.1, -0.05) is 12.1 Å². The van der Waals surface area contributed by atoms with Gasteiger partial charge in [0.15, 0.2) is 0 Å². The van der Waals surface area contributed by atoms with Crippen LogP contribution >= 0.6 is 11.8 Å². The van der Waals surface area contributed by atoms with Gasteiger partial charge in [0.1, 0.15) is 5.82 Å². The molecular weight excluding hydrogens is 303 g/mol. The van der Waals surface area contributed by atoms with Crippen molar-refractivity contribution in [1.82, 2.24) is 0 Å². The maximum atomic E-state index is 13.4. The molecule has 6 heteroatoms. The number of nitrogens with one attached hydrogen (secondary N) is 2. The molecule has 2 aromatic rings. The lowest BCUT2D eigenvalue weighted by Crippen LogP contribution is -2.14. The number of carbonyl (C=O) groups is 2. The van der Waals surface area contributed by atoms with Gasteiger partial charge in [0.05, 0.1) is 11.4 Å². The van der Waals surface area contributed by atoms with Crippen LogP contribution in [0.25, 0.3) is 0 Å².